The third-order valence-electron chi connectivity index (χ3n) is 3.03. The van der Waals surface area contributed by atoms with Gasteiger partial charge in [0.1, 0.15) is 5.69 Å². The Labute approximate surface area is 122 Å². The smallest absolute Gasteiger partial charge is 0.305 e. The molecule has 0 saturated heterocycles. The predicted octanol–water partition coefficient (Wildman–Crippen LogP) is 1.80. The molecule has 0 spiro atoms. The number of aliphatic carboxylic acids is 1. The van der Waals surface area contributed by atoms with Crippen molar-refractivity contribution >= 4 is 28.5 Å². The standard InChI is InChI=1S/C15H17N3O3/c1-15(2,8-13(19)20)18-14(21)12-7-10(16)9-5-3-4-6-11(9)17-12/h3-7H,8H2,1-2H3,(H2,16,17)(H,18,21)(H,19,20). The number of carbonyl (C=O) groups excluding carboxylic acids is 1. The van der Waals surface area contributed by atoms with Crippen molar-refractivity contribution in [2.45, 2.75) is 25.8 Å². The Morgan fingerprint density at radius 1 is 1.33 bits per heavy atom. The number of fused-ring (bicyclic) bond motifs is 1. The van der Waals surface area contributed by atoms with Gasteiger partial charge in [0, 0.05) is 16.6 Å². The quantitative estimate of drug-likeness (QED) is 0.795. The van der Waals surface area contributed by atoms with Gasteiger partial charge in [-0.3, -0.25) is 9.59 Å². The Balaban J connectivity index is 2.30. The number of pyridine rings is 1. The number of hydrogen-bond donors (Lipinski definition) is 3. The fourth-order valence-electron chi connectivity index (χ4n) is 2.11. The molecule has 0 unspecified atom stereocenters. The first-order valence-electron chi connectivity index (χ1n) is 6.48. The molecule has 0 radical (unpaired) electrons. The summed E-state index contributed by atoms with van der Waals surface area (Å²) < 4.78 is 0. The van der Waals surface area contributed by atoms with Gasteiger partial charge in [-0.2, -0.15) is 0 Å². The van der Waals surface area contributed by atoms with E-state index in [0.29, 0.717) is 11.2 Å². The average molecular weight is 287 g/mol. The second-order valence-corrected chi connectivity index (χ2v) is 5.52. The zero-order valence-corrected chi connectivity index (χ0v) is 11.9. The molecule has 2 aromatic rings. The van der Waals surface area contributed by atoms with Gasteiger partial charge in [-0.1, -0.05) is 18.2 Å². The van der Waals surface area contributed by atoms with Crippen LogP contribution in [0.2, 0.25) is 0 Å². The molecule has 0 bridgehead atoms. The van der Waals surface area contributed by atoms with Crippen LogP contribution in [-0.2, 0) is 4.79 Å². The topological polar surface area (TPSA) is 105 Å². The Morgan fingerprint density at radius 3 is 2.67 bits per heavy atom. The maximum absolute atomic E-state index is 12.2. The summed E-state index contributed by atoms with van der Waals surface area (Å²) in [7, 11) is 0. The van der Waals surface area contributed by atoms with E-state index in [0.717, 1.165) is 5.39 Å². The second kappa shape index (κ2) is 5.40. The fourth-order valence-corrected chi connectivity index (χ4v) is 2.11. The Hall–Kier alpha value is -2.63. The molecule has 21 heavy (non-hydrogen) atoms. The van der Waals surface area contributed by atoms with E-state index in [-0.39, 0.29) is 12.1 Å². The van der Waals surface area contributed by atoms with Gasteiger partial charge in [-0.05, 0) is 26.0 Å². The molecule has 4 N–H and O–H groups in total. The molecule has 0 aliphatic rings. The van der Waals surface area contributed by atoms with Crippen molar-refractivity contribution in [1.82, 2.24) is 10.3 Å². The maximum atomic E-state index is 12.2. The number of nitrogens with one attached hydrogen (secondary N) is 1. The number of nitrogens with zero attached hydrogens (tertiary/aromatic N) is 1. The van der Waals surface area contributed by atoms with E-state index < -0.39 is 17.4 Å². The Morgan fingerprint density at radius 2 is 2.00 bits per heavy atom. The number of nitrogens with two attached hydrogens (primary N) is 1. The van der Waals surface area contributed by atoms with E-state index >= 15 is 0 Å². The van der Waals surface area contributed by atoms with Crippen molar-refractivity contribution in [3.63, 3.8) is 0 Å². The van der Waals surface area contributed by atoms with Crippen LogP contribution in [0.4, 0.5) is 5.69 Å². The first kappa shape index (κ1) is 14.8. The van der Waals surface area contributed by atoms with Crippen LogP contribution in [0.5, 0.6) is 0 Å². The van der Waals surface area contributed by atoms with Crippen LogP contribution in [0.3, 0.4) is 0 Å². The third kappa shape index (κ3) is 3.47. The molecule has 0 atom stereocenters. The molecule has 6 heteroatoms. The largest absolute Gasteiger partial charge is 0.481 e. The lowest BCUT2D eigenvalue weighted by molar-refractivity contribution is -0.138. The fraction of sp³-hybridized carbons (Fsp3) is 0.267. The zero-order chi connectivity index (χ0) is 15.6. The van der Waals surface area contributed by atoms with Crippen LogP contribution in [-0.4, -0.2) is 27.5 Å². The van der Waals surface area contributed by atoms with Gasteiger partial charge in [0.25, 0.3) is 5.91 Å². The lowest BCUT2D eigenvalue weighted by atomic mass is 10.0. The molecule has 1 aromatic heterocycles. The predicted molar refractivity (Wildman–Crippen MR) is 80.0 cm³/mol. The molecule has 1 amide bonds. The molecule has 0 fully saturated rings. The number of benzene rings is 1. The highest BCUT2D eigenvalue weighted by Gasteiger charge is 2.25. The monoisotopic (exact) mass is 287 g/mol. The number of anilines is 1. The molecule has 0 saturated carbocycles. The molecule has 1 heterocycles. The first-order valence-corrected chi connectivity index (χ1v) is 6.48. The average Bonchev–Trinajstić information content (AvgIpc) is 2.36. The minimum atomic E-state index is -0.980. The van der Waals surface area contributed by atoms with Crippen molar-refractivity contribution in [3.8, 4) is 0 Å². The summed E-state index contributed by atoms with van der Waals surface area (Å²) in [6.45, 7) is 3.28. The SMILES string of the molecule is CC(C)(CC(=O)O)NC(=O)c1cc(N)c2ccccc2n1. The number of carboxylic acids is 1. The van der Waals surface area contributed by atoms with Gasteiger partial charge < -0.3 is 16.2 Å². The number of nitrogen functional groups attached to an aromatic ring is 1. The van der Waals surface area contributed by atoms with Crippen LogP contribution in [0.15, 0.2) is 30.3 Å². The first-order chi connectivity index (χ1) is 9.78. The minimum Gasteiger partial charge on any atom is -0.481 e. The molecule has 110 valence electrons. The molecule has 0 aliphatic carbocycles. The van der Waals surface area contributed by atoms with Crippen molar-refractivity contribution < 1.29 is 14.7 Å². The molecular formula is C15H17N3O3. The van der Waals surface area contributed by atoms with Crippen LogP contribution >= 0.6 is 0 Å². The number of rotatable bonds is 4. The summed E-state index contributed by atoms with van der Waals surface area (Å²) in [5, 5.41) is 12.3. The highest BCUT2D eigenvalue weighted by Crippen LogP contribution is 2.20. The van der Waals surface area contributed by atoms with Crippen LogP contribution in [0, 0.1) is 0 Å². The van der Waals surface area contributed by atoms with E-state index in [1.54, 1.807) is 19.9 Å². The lowest BCUT2D eigenvalue weighted by Crippen LogP contribution is -2.45. The number of carboxylic acid groups (broad SMARTS) is 1. The molecular weight excluding hydrogens is 270 g/mol. The number of amides is 1. The number of carbonyl (C=O) groups is 2. The second-order valence-electron chi connectivity index (χ2n) is 5.52. The van der Waals surface area contributed by atoms with Gasteiger partial charge in [-0.15, -0.1) is 0 Å². The summed E-state index contributed by atoms with van der Waals surface area (Å²) in [5.41, 5.74) is 6.31. The maximum Gasteiger partial charge on any atom is 0.305 e. The normalized spacial score (nSPS) is 11.3. The highest BCUT2D eigenvalue weighted by atomic mass is 16.4. The Kier molecular flexibility index (Phi) is 3.80. The summed E-state index contributed by atoms with van der Waals surface area (Å²) >= 11 is 0. The van der Waals surface area contributed by atoms with Gasteiger partial charge >= 0.3 is 5.97 Å². The molecule has 1 aromatic carbocycles. The van der Waals surface area contributed by atoms with E-state index in [4.69, 9.17) is 10.8 Å². The van der Waals surface area contributed by atoms with E-state index in [1.165, 1.54) is 6.07 Å². The molecule has 0 aliphatic heterocycles. The van der Waals surface area contributed by atoms with Crippen molar-refractivity contribution in [3.05, 3.63) is 36.0 Å². The lowest BCUT2D eigenvalue weighted by Gasteiger charge is -2.24. The van der Waals surface area contributed by atoms with E-state index in [9.17, 15) is 9.59 Å². The molecule has 6 nitrogen and oxygen atoms in total. The van der Waals surface area contributed by atoms with Gasteiger partial charge in [0.2, 0.25) is 0 Å². The zero-order valence-electron chi connectivity index (χ0n) is 11.9. The van der Waals surface area contributed by atoms with Crippen LogP contribution in [0.1, 0.15) is 30.8 Å². The van der Waals surface area contributed by atoms with Crippen molar-refractivity contribution in [2.24, 2.45) is 0 Å². The summed E-state index contributed by atoms with van der Waals surface area (Å²) in [6.07, 6.45) is -0.179. The van der Waals surface area contributed by atoms with E-state index in [2.05, 4.69) is 10.3 Å². The highest BCUT2D eigenvalue weighted by molar-refractivity contribution is 5.99. The summed E-state index contributed by atoms with van der Waals surface area (Å²) in [4.78, 5) is 27.3. The van der Waals surface area contributed by atoms with Crippen molar-refractivity contribution in [1.29, 1.82) is 0 Å². The van der Waals surface area contributed by atoms with Gasteiger partial charge in [0.15, 0.2) is 0 Å². The number of para-hydroxylation sites is 1. The van der Waals surface area contributed by atoms with Gasteiger partial charge in [-0.25, -0.2) is 4.98 Å². The van der Waals surface area contributed by atoms with Crippen LogP contribution in [0.25, 0.3) is 10.9 Å². The number of hydrogen-bond acceptors (Lipinski definition) is 4. The Bertz CT molecular complexity index is 710. The van der Waals surface area contributed by atoms with Crippen LogP contribution < -0.4 is 11.1 Å². The summed E-state index contributed by atoms with van der Waals surface area (Å²) in [5.74, 6) is -1.43. The molecule has 2 rings (SSSR count). The summed E-state index contributed by atoms with van der Waals surface area (Å²) in [6, 6.07) is 8.74. The third-order valence-corrected chi connectivity index (χ3v) is 3.03. The number of aromatic nitrogens is 1. The van der Waals surface area contributed by atoms with Gasteiger partial charge in [0.05, 0.1) is 11.9 Å². The minimum absolute atomic E-state index is 0.171. The van der Waals surface area contributed by atoms with Crippen molar-refractivity contribution in [2.75, 3.05) is 5.73 Å². The van der Waals surface area contributed by atoms with E-state index in [1.807, 2.05) is 18.2 Å².